The van der Waals surface area contributed by atoms with E-state index in [-0.39, 0.29) is 5.91 Å². The highest BCUT2D eigenvalue weighted by molar-refractivity contribution is 9.10. The average Bonchev–Trinajstić information content (AvgIpc) is 2.39. The van der Waals surface area contributed by atoms with Crippen LogP contribution in [-0.2, 0) is 0 Å². The molecule has 1 aromatic heterocycles. The van der Waals surface area contributed by atoms with Crippen molar-refractivity contribution in [2.45, 2.75) is 0 Å². The summed E-state index contributed by atoms with van der Waals surface area (Å²) in [7, 11) is 1.69. The molecule has 5 heteroatoms. The number of carbonyl (C=O) groups is 1. The fourth-order valence-electron chi connectivity index (χ4n) is 1.46. The molecular weight excluding hydrogens is 316 g/mol. The molecule has 0 aliphatic carbocycles. The molecule has 18 heavy (non-hydrogen) atoms. The van der Waals surface area contributed by atoms with Crippen molar-refractivity contribution in [2.75, 3.05) is 11.9 Å². The SMILES string of the molecule is CN(C(=O)c1ccc(Cl)cc1)c1ccc(Br)cn1. The fourth-order valence-corrected chi connectivity index (χ4v) is 1.82. The monoisotopic (exact) mass is 324 g/mol. The third-order valence-corrected chi connectivity index (χ3v) is 3.17. The Balaban J connectivity index is 2.23. The zero-order chi connectivity index (χ0) is 13.1. The lowest BCUT2D eigenvalue weighted by Crippen LogP contribution is -2.26. The summed E-state index contributed by atoms with van der Waals surface area (Å²) in [5.74, 6) is 0.472. The van der Waals surface area contributed by atoms with Gasteiger partial charge in [0.05, 0.1) is 0 Å². The van der Waals surface area contributed by atoms with Crippen LogP contribution >= 0.6 is 27.5 Å². The number of amides is 1. The van der Waals surface area contributed by atoms with Gasteiger partial charge in [0.2, 0.25) is 0 Å². The van der Waals surface area contributed by atoms with Crippen LogP contribution in [0.25, 0.3) is 0 Å². The van der Waals surface area contributed by atoms with Crippen LogP contribution in [0.4, 0.5) is 5.82 Å². The van der Waals surface area contributed by atoms with Crippen LogP contribution in [0.1, 0.15) is 10.4 Å². The van der Waals surface area contributed by atoms with Gasteiger partial charge in [-0.3, -0.25) is 9.69 Å². The van der Waals surface area contributed by atoms with Crippen molar-refractivity contribution < 1.29 is 4.79 Å². The number of carbonyl (C=O) groups excluding carboxylic acids is 1. The van der Waals surface area contributed by atoms with E-state index in [1.165, 1.54) is 4.90 Å². The van der Waals surface area contributed by atoms with E-state index in [9.17, 15) is 4.79 Å². The molecule has 0 saturated carbocycles. The highest BCUT2D eigenvalue weighted by Gasteiger charge is 2.14. The molecule has 92 valence electrons. The van der Waals surface area contributed by atoms with Crippen molar-refractivity contribution in [1.82, 2.24) is 4.98 Å². The normalized spacial score (nSPS) is 10.2. The Hall–Kier alpha value is -1.39. The molecule has 2 rings (SSSR count). The van der Waals surface area contributed by atoms with Gasteiger partial charge in [-0.1, -0.05) is 11.6 Å². The van der Waals surface area contributed by atoms with Crippen molar-refractivity contribution in [2.24, 2.45) is 0 Å². The molecule has 0 radical (unpaired) electrons. The second-order valence-corrected chi connectivity index (χ2v) is 5.06. The summed E-state index contributed by atoms with van der Waals surface area (Å²) < 4.78 is 0.874. The molecule has 0 aliphatic heterocycles. The number of aromatic nitrogens is 1. The van der Waals surface area contributed by atoms with E-state index >= 15 is 0 Å². The van der Waals surface area contributed by atoms with E-state index in [0.29, 0.717) is 16.4 Å². The Morgan fingerprint density at radius 1 is 1.22 bits per heavy atom. The van der Waals surface area contributed by atoms with Gasteiger partial charge in [0.15, 0.2) is 0 Å². The molecule has 0 N–H and O–H groups in total. The second kappa shape index (κ2) is 5.50. The Kier molecular flexibility index (Phi) is 3.99. The molecule has 3 nitrogen and oxygen atoms in total. The molecule has 1 aromatic carbocycles. The van der Waals surface area contributed by atoms with Gasteiger partial charge in [0, 0.05) is 28.3 Å². The topological polar surface area (TPSA) is 33.2 Å². The van der Waals surface area contributed by atoms with Crippen LogP contribution in [0, 0.1) is 0 Å². The van der Waals surface area contributed by atoms with Gasteiger partial charge in [-0.05, 0) is 52.3 Å². The number of benzene rings is 1. The standard InChI is InChI=1S/C13H10BrClN2O/c1-17(12-7-4-10(14)8-16-12)13(18)9-2-5-11(15)6-3-9/h2-8H,1H3. The largest absolute Gasteiger partial charge is 0.296 e. The number of halogens is 2. The number of pyridine rings is 1. The van der Waals surface area contributed by atoms with Crippen LogP contribution in [0.2, 0.25) is 5.02 Å². The van der Waals surface area contributed by atoms with E-state index in [0.717, 1.165) is 4.47 Å². The Morgan fingerprint density at radius 2 is 1.89 bits per heavy atom. The zero-order valence-corrected chi connectivity index (χ0v) is 11.9. The molecule has 0 saturated heterocycles. The van der Waals surface area contributed by atoms with Crippen LogP contribution in [0.5, 0.6) is 0 Å². The Bertz CT molecular complexity index is 554. The molecule has 0 spiro atoms. The summed E-state index contributed by atoms with van der Waals surface area (Å²) in [5.41, 5.74) is 0.576. The number of hydrogen-bond donors (Lipinski definition) is 0. The van der Waals surface area contributed by atoms with Crippen LogP contribution < -0.4 is 4.90 Å². The summed E-state index contributed by atoms with van der Waals surface area (Å²) in [4.78, 5) is 17.8. The minimum atomic E-state index is -0.124. The van der Waals surface area contributed by atoms with Crippen molar-refractivity contribution in [3.63, 3.8) is 0 Å². The van der Waals surface area contributed by atoms with Crippen LogP contribution in [0.15, 0.2) is 47.1 Å². The number of hydrogen-bond acceptors (Lipinski definition) is 2. The van der Waals surface area contributed by atoms with Gasteiger partial charge in [0.25, 0.3) is 5.91 Å². The molecule has 0 bridgehead atoms. The lowest BCUT2D eigenvalue weighted by Gasteiger charge is -2.16. The van der Waals surface area contributed by atoms with Gasteiger partial charge >= 0.3 is 0 Å². The molecule has 0 unspecified atom stereocenters. The maximum atomic E-state index is 12.2. The predicted molar refractivity (Wildman–Crippen MR) is 76.1 cm³/mol. The Morgan fingerprint density at radius 3 is 2.44 bits per heavy atom. The molecule has 1 amide bonds. The van der Waals surface area contributed by atoms with Gasteiger partial charge in [-0.25, -0.2) is 4.98 Å². The van der Waals surface area contributed by atoms with Gasteiger partial charge < -0.3 is 0 Å². The molecular formula is C13H10BrClN2O. The average molecular weight is 326 g/mol. The smallest absolute Gasteiger partial charge is 0.259 e. The van der Waals surface area contributed by atoms with Crippen molar-refractivity contribution in [3.05, 3.63) is 57.7 Å². The lowest BCUT2D eigenvalue weighted by atomic mass is 10.2. The summed E-state index contributed by atoms with van der Waals surface area (Å²) in [6.45, 7) is 0. The summed E-state index contributed by atoms with van der Waals surface area (Å²) in [5, 5.41) is 0.607. The molecule has 0 aliphatic rings. The van der Waals surface area contributed by atoms with E-state index in [1.807, 2.05) is 6.07 Å². The molecule has 1 heterocycles. The van der Waals surface area contributed by atoms with Crippen LogP contribution in [0.3, 0.4) is 0 Å². The first-order valence-corrected chi connectivity index (χ1v) is 6.40. The van der Waals surface area contributed by atoms with Crippen molar-refractivity contribution in [1.29, 1.82) is 0 Å². The van der Waals surface area contributed by atoms with E-state index in [1.54, 1.807) is 43.6 Å². The quantitative estimate of drug-likeness (QED) is 0.842. The lowest BCUT2D eigenvalue weighted by molar-refractivity contribution is 0.0992. The third-order valence-electron chi connectivity index (χ3n) is 2.45. The van der Waals surface area contributed by atoms with Gasteiger partial charge in [-0.2, -0.15) is 0 Å². The molecule has 2 aromatic rings. The van der Waals surface area contributed by atoms with Crippen molar-refractivity contribution >= 4 is 39.3 Å². The summed E-state index contributed by atoms with van der Waals surface area (Å²) in [6, 6.07) is 10.4. The van der Waals surface area contributed by atoms with E-state index < -0.39 is 0 Å². The zero-order valence-electron chi connectivity index (χ0n) is 9.60. The first-order chi connectivity index (χ1) is 8.58. The van der Waals surface area contributed by atoms with Crippen LogP contribution in [-0.4, -0.2) is 17.9 Å². The highest BCUT2D eigenvalue weighted by Crippen LogP contribution is 2.17. The maximum absolute atomic E-state index is 12.2. The maximum Gasteiger partial charge on any atom is 0.259 e. The first-order valence-electron chi connectivity index (χ1n) is 5.23. The minimum absolute atomic E-state index is 0.124. The number of rotatable bonds is 2. The second-order valence-electron chi connectivity index (χ2n) is 3.71. The molecule has 0 atom stereocenters. The molecule has 0 fully saturated rings. The first kappa shape index (κ1) is 13.1. The number of nitrogens with zero attached hydrogens (tertiary/aromatic N) is 2. The van der Waals surface area contributed by atoms with E-state index in [2.05, 4.69) is 20.9 Å². The third kappa shape index (κ3) is 2.89. The highest BCUT2D eigenvalue weighted by atomic mass is 79.9. The predicted octanol–water partition coefficient (Wildman–Crippen LogP) is 3.77. The fraction of sp³-hybridized carbons (Fsp3) is 0.0769. The van der Waals surface area contributed by atoms with Gasteiger partial charge in [0.1, 0.15) is 5.82 Å². The van der Waals surface area contributed by atoms with E-state index in [4.69, 9.17) is 11.6 Å². The van der Waals surface area contributed by atoms with Gasteiger partial charge in [-0.15, -0.1) is 0 Å². The summed E-state index contributed by atoms with van der Waals surface area (Å²) in [6.07, 6.45) is 1.65. The Labute approximate surface area is 119 Å². The van der Waals surface area contributed by atoms with Crippen molar-refractivity contribution in [3.8, 4) is 0 Å². The minimum Gasteiger partial charge on any atom is -0.296 e. The summed E-state index contributed by atoms with van der Waals surface area (Å²) >= 11 is 9.09. The number of anilines is 1.